The van der Waals surface area contributed by atoms with Crippen molar-refractivity contribution in [2.75, 3.05) is 31.7 Å². The van der Waals surface area contributed by atoms with Crippen LogP contribution in [-0.4, -0.2) is 37.8 Å². The van der Waals surface area contributed by atoms with Gasteiger partial charge in [0.15, 0.2) is 0 Å². The van der Waals surface area contributed by atoms with E-state index >= 15 is 0 Å². The molecule has 1 N–H and O–H groups in total. The minimum atomic E-state index is -0.265. The van der Waals surface area contributed by atoms with E-state index in [0.29, 0.717) is 19.2 Å². The summed E-state index contributed by atoms with van der Waals surface area (Å²) in [6, 6.07) is 2.21. The fourth-order valence-electron chi connectivity index (χ4n) is 2.65. The average Bonchev–Trinajstić information content (AvgIpc) is 3.31. The van der Waals surface area contributed by atoms with Crippen molar-refractivity contribution >= 4 is 5.82 Å². The van der Waals surface area contributed by atoms with Crippen molar-refractivity contribution in [3.63, 3.8) is 0 Å². The molecule has 1 aliphatic heterocycles. The highest BCUT2D eigenvalue weighted by molar-refractivity contribution is 5.48. The highest BCUT2D eigenvalue weighted by atomic mass is 19.1. The summed E-state index contributed by atoms with van der Waals surface area (Å²) in [5, 5.41) is 3.44. The lowest BCUT2D eigenvalue weighted by atomic mass is 10.1. The second-order valence-electron chi connectivity index (χ2n) is 5.78. The van der Waals surface area contributed by atoms with Crippen LogP contribution in [0.2, 0.25) is 0 Å². The van der Waals surface area contributed by atoms with Crippen LogP contribution in [0, 0.1) is 5.82 Å². The summed E-state index contributed by atoms with van der Waals surface area (Å²) in [5.74, 6) is 0.635. The number of aromatic nitrogens is 1. The number of methoxy groups -OCH3 is 1. The predicted molar refractivity (Wildman–Crippen MR) is 80.8 cm³/mol. The Morgan fingerprint density at radius 2 is 2.33 bits per heavy atom. The normalized spacial score (nSPS) is 18.8. The Balaban J connectivity index is 1.71. The molecule has 0 atom stereocenters. The minimum absolute atomic E-state index is 0.265. The van der Waals surface area contributed by atoms with Crippen molar-refractivity contribution in [1.82, 2.24) is 10.3 Å². The van der Waals surface area contributed by atoms with E-state index in [2.05, 4.69) is 21.3 Å². The molecule has 5 heteroatoms. The minimum Gasteiger partial charge on any atom is -0.380 e. The zero-order valence-corrected chi connectivity index (χ0v) is 12.4. The molecule has 0 radical (unpaired) electrons. The van der Waals surface area contributed by atoms with Crippen LogP contribution in [0.3, 0.4) is 0 Å². The second-order valence-corrected chi connectivity index (χ2v) is 5.78. The molecule has 0 saturated heterocycles. The van der Waals surface area contributed by atoms with Gasteiger partial charge < -0.3 is 15.0 Å². The summed E-state index contributed by atoms with van der Waals surface area (Å²) >= 11 is 0. The van der Waals surface area contributed by atoms with E-state index in [-0.39, 0.29) is 5.82 Å². The molecule has 0 unspecified atom stereocenters. The van der Waals surface area contributed by atoms with Crippen LogP contribution in [0.25, 0.3) is 0 Å². The van der Waals surface area contributed by atoms with E-state index in [9.17, 15) is 4.39 Å². The molecular weight excluding hydrogens is 269 g/mol. The molecular formula is C16H22FN3O. The highest BCUT2D eigenvalue weighted by Gasteiger charge is 2.22. The largest absolute Gasteiger partial charge is 0.380 e. The number of rotatable bonds is 6. The molecule has 1 aliphatic carbocycles. The molecule has 4 nitrogen and oxygen atoms in total. The van der Waals surface area contributed by atoms with E-state index in [0.717, 1.165) is 30.9 Å². The molecule has 1 fully saturated rings. The van der Waals surface area contributed by atoms with Gasteiger partial charge in [0, 0.05) is 38.3 Å². The number of hydrogen-bond acceptors (Lipinski definition) is 4. The Bertz CT molecular complexity index is 528. The molecule has 0 bridgehead atoms. The van der Waals surface area contributed by atoms with Crippen LogP contribution in [0.5, 0.6) is 0 Å². The van der Waals surface area contributed by atoms with Gasteiger partial charge in [-0.05, 0) is 30.9 Å². The van der Waals surface area contributed by atoms with Gasteiger partial charge >= 0.3 is 0 Å². The maximum absolute atomic E-state index is 13.5. The van der Waals surface area contributed by atoms with Gasteiger partial charge in [-0.15, -0.1) is 0 Å². The van der Waals surface area contributed by atoms with Crippen LogP contribution >= 0.6 is 0 Å². The molecule has 0 aromatic carbocycles. The molecule has 2 heterocycles. The lowest BCUT2D eigenvalue weighted by Gasteiger charge is -2.29. The molecule has 114 valence electrons. The molecule has 0 amide bonds. The first-order valence-corrected chi connectivity index (χ1v) is 7.56. The van der Waals surface area contributed by atoms with Gasteiger partial charge in [0.25, 0.3) is 0 Å². The fourth-order valence-corrected chi connectivity index (χ4v) is 2.65. The quantitative estimate of drug-likeness (QED) is 0.816. The maximum Gasteiger partial charge on any atom is 0.141 e. The number of ether oxygens (including phenoxy) is 1. The molecule has 1 aromatic rings. The summed E-state index contributed by atoms with van der Waals surface area (Å²) < 4.78 is 18.7. The van der Waals surface area contributed by atoms with Crippen LogP contribution in [0.15, 0.2) is 23.9 Å². The number of hydrogen-bond donors (Lipinski definition) is 1. The summed E-state index contributed by atoms with van der Waals surface area (Å²) in [5.41, 5.74) is 2.28. The van der Waals surface area contributed by atoms with Gasteiger partial charge in [0.1, 0.15) is 11.6 Å². The first-order valence-electron chi connectivity index (χ1n) is 7.56. The predicted octanol–water partition coefficient (Wildman–Crippen LogP) is 2.26. The van der Waals surface area contributed by atoms with E-state index in [1.165, 1.54) is 24.6 Å². The summed E-state index contributed by atoms with van der Waals surface area (Å²) in [6.07, 6.45) is 6.93. The number of pyridine rings is 1. The van der Waals surface area contributed by atoms with Crippen LogP contribution < -0.4 is 10.2 Å². The Labute approximate surface area is 125 Å². The first kappa shape index (κ1) is 14.5. The zero-order valence-electron chi connectivity index (χ0n) is 12.4. The van der Waals surface area contributed by atoms with Gasteiger partial charge in [0.05, 0.1) is 12.8 Å². The van der Waals surface area contributed by atoms with Gasteiger partial charge in [-0.1, -0.05) is 6.08 Å². The zero-order chi connectivity index (χ0) is 14.7. The molecule has 3 rings (SSSR count). The summed E-state index contributed by atoms with van der Waals surface area (Å²) in [7, 11) is 1.72. The Hall–Kier alpha value is -1.46. The van der Waals surface area contributed by atoms with Crippen molar-refractivity contribution in [3.05, 3.63) is 35.3 Å². The van der Waals surface area contributed by atoms with Crippen molar-refractivity contribution in [2.45, 2.75) is 31.8 Å². The SMILES string of the molecule is COCC1=CCN(c2ncc(F)cc2CNC2CC2)CC1. The van der Waals surface area contributed by atoms with E-state index in [1.54, 1.807) is 13.2 Å². The third kappa shape index (κ3) is 3.80. The van der Waals surface area contributed by atoms with Crippen molar-refractivity contribution in [3.8, 4) is 0 Å². The number of halogens is 1. The lowest BCUT2D eigenvalue weighted by Crippen LogP contribution is -2.31. The molecule has 21 heavy (non-hydrogen) atoms. The van der Waals surface area contributed by atoms with Gasteiger partial charge in [0.2, 0.25) is 0 Å². The first-order chi connectivity index (χ1) is 10.3. The maximum atomic E-state index is 13.5. The summed E-state index contributed by atoms with van der Waals surface area (Å²) in [4.78, 5) is 6.53. The van der Waals surface area contributed by atoms with Crippen molar-refractivity contribution in [1.29, 1.82) is 0 Å². The van der Waals surface area contributed by atoms with Crippen LogP contribution in [0.1, 0.15) is 24.8 Å². The van der Waals surface area contributed by atoms with Crippen molar-refractivity contribution < 1.29 is 9.13 Å². The van der Waals surface area contributed by atoms with E-state index < -0.39 is 0 Å². The molecule has 2 aliphatic rings. The third-order valence-corrected chi connectivity index (χ3v) is 4.00. The van der Waals surface area contributed by atoms with Crippen LogP contribution in [-0.2, 0) is 11.3 Å². The van der Waals surface area contributed by atoms with Crippen molar-refractivity contribution in [2.24, 2.45) is 0 Å². The highest BCUT2D eigenvalue weighted by Crippen LogP contribution is 2.24. The number of anilines is 1. The van der Waals surface area contributed by atoms with E-state index in [1.807, 2.05) is 0 Å². The lowest BCUT2D eigenvalue weighted by molar-refractivity contribution is 0.222. The molecule has 1 aromatic heterocycles. The topological polar surface area (TPSA) is 37.4 Å². The Morgan fingerprint density at radius 1 is 1.48 bits per heavy atom. The summed E-state index contributed by atoms with van der Waals surface area (Å²) in [6.45, 7) is 3.11. The van der Waals surface area contributed by atoms with E-state index in [4.69, 9.17) is 4.74 Å². The van der Waals surface area contributed by atoms with Gasteiger partial charge in [-0.25, -0.2) is 9.37 Å². The smallest absolute Gasteiger partial charge is 0.141 e. The second kappa shape index (κ2) is 6.54. The Kier molecular flexibility index (Phi) is 4.51. The standard InChI is InChI=1S/C16H22FN3O/c1-21-11-12-4-6-20(7-5-12)16-13(8-14(17)10-19-16)9-18-15-2-3-15/h4,8,10,15,18H,2-3,5-7,9,11H2,1H3. The monoisotopic (exact) mass is 291 g/mol. The third-order valence-electron chi connectivity index (χ3n) is 4.00. The van der Waals surface area contributed by atoms with Gasteiger partial charge in [-0.3, -0.25) is 0 Å². The average molecular weight is 291 g/mol. The number of nitrogens with zero attached hydrogens (tertiary/aromatic N) is 2. The van der Waals surface area contributed by atoms with Crippen LogP contribution in [0.4, 0.5) is 10.2 Å². The Morgan fingerprint density at radius 3 is 3.00 bits per heavy atom. The molecule has 1 saturated carbocycles. The number of nitrogens with one attached hydrogen (secondary N) is 1. The van der Waals surface area contributed by atoms with Gasteiger partial charge in [-0.2, -0.15) is 0 Å². The fraction of sp³-hybridized carbons (Fsp3) is 0.562. The molecule has 0 spiro atoms.